The summed E-state index contributed by atoms with van der Waals surface area (Å²) >= 11 is 4.70. The maximum atomic E-state index is 12.0. The Morgan fingerprint density at radius 3 is 2.94 bits per heavy atom. The number of ether oxygens (including phenoxy) is 1. The van der Waals surface area contributed by atoms with E-state index in [0.717, 1.165) is 10.2 Å². The van der Waals surface area contributed by atoms with Crippen LogP contribution in [0.3, 0.4) is 0 Å². The smallest absolute Gasteiger partial charge is 0.182 e. The lowest BCUT2D eigenvalue weighted by Crippen LogP contribution is -2.04. The highest BCUT2D eigenvalue weighted by atomic mass is 79.9. The van der Waals surface area contributed by atoms with E-state index in [1.54, 1.807) is 19.4 Å². The summed E-state index contributed by atoms with van der Waals surface area (Å²) in [4.78, 5) is 16.8. The molecule has 0 aliphatic carbocycles. The molecule has 0 amide bonds. The van der Waals surface area contributed by atoms with Gasteiger partial charge in [-0.1, -0.05) is 0 Å². The Kier molecular flexibility index (Phi) is 3.91. The lowest BCUT2D eigenvalue weighted by Gasteiger charge is -2.02. The van der Waals surface area contributed by atoms with Crippen molar-refractivity contribution >= 4 is 33.0 Å². The number of hydrogen-bond donors (Lipinski definition) is 0. The molecule has 0 aliphatic rings. The fourth-order valence-corrected chi connectivity index (χ4v) is 2.45. The van der Waals surface area contributed by atoms with Crippen molar-refractivity contribution in [3.8, 4) is 5.75 Å². The maximum Gasteiger partial charge on any atom is 0.182 e. The van der Waals surface area contributed by atoms with Crippen molar-refractivity contribution in [1.82, 2.24) is 4.98 Å². The normalized spacial score (nSPS) is 10.2. The summed E-state index contributed by atoms with van der Waals surface area (Å²) in [5.74, 6) is 0.670. The van der Waals surface area contributed by atoms with Gasteiger partial charge in [0, 0.05) is 16.4 Å². The van der Waals surface area contributed by atoms with E-state index in [-0.39, 0.29) is 5.78 Å². The van der Waals surface area contributed by atoms with E-state index in [9.17, 15) is 4.79 Å². The number of Topliss-reactive ketones (excluding diaryl/α,β-unsaturated/α-hetero) is 1. The molecule has 17 heavy (non-hydrogen) atoms. The Balaban J connectivity index is 2.14. The standard InChI is InChI=1S/C12H10BrNO2S/c1-16-11-4-5-17-12(11)10(15)6-9-3-2-8(13)7-14-9/h2-5,7H,6H2,1H3. The second kappa shape index (κ2) is 5.42. The maximum absolute atomic E-state index is 12.0. The molecule has 0 bridgehead atoms. The third kappa shape index (κ3) is 2.92. The molecular formula is C12H10BrNO2S. The number of nitrogens with zero attached hydrogens (tertiary/aromatic N) is 1. The predicted molar refractivity (Wildman–Crippen MR) is 70.8 cm³/mol. The van der Waals surface area contributed by atoms with Crippen LogP contribution in [-0.4, -0.2) is 17.9 Å². The van der Waals surface area contributed by atoms with Gasteiger partial charge in [0.1, 0.15) is 10.6 Å². The van der Waals surface area contributed by atoms with Gasteiger partial charge in [-0.25, -0.2) is 0 Å². The first-order valence-electron chi connectivity index (χ1n) is 4.96. The van der Waals surface area contributed by atoms with Gasteiger partial charge in [-0.3, -0.25) is 9.78 Å². The van der Waals surface area contributed by atoms with Gasteiger partial charge in [-0.15, -0.1) is 11.3 Å². The summed E-state index contributed by atoms with van der Waals surface area (Å²) in [6.07, 6.45) is 1.98. The third-order valence-electron chi connectivity index (χ3n) is 2.23. The number of carbonyl (C=O) groups excluding carboxylic acids is 1. The van der Waals surface area contributed by atoms with Crippen molar-refractivity contribution in [2.75, 3.05) is 7.11 Å². The fraction of sp³-hybridized carbons (Fsp3) is 0.167. The minimum atomic E-state index is 0.0340. The predicted octanol–water partition coefficient (Wildman–Crippen LogP) is 3.34. The van der Waals surface area contributed by atoms with E-state index < -0.39 is 0 Å². The summed E-state index contributed by atoms with van der Waals surface area (Å²) in [7, 11) is 1.57. The van der Waals surface area contributed by atoms with Crippen LogP contribution in [0.5, 0.6) is 5.75 Å². The molecule has 3 nitrogen and oxygen atoms in total. The molecular weight excluding hydrogens is 302 g/mol. The Hall–Kier alpha value is -1.20. The Morgan fingerprint density at radius 2 is 2.29 bits per heavy atom. The van der Waals surface area contributed by atoms with Crippen molar-refractivity contribution in [3.05, 3.63) is 44.8 Å². The van der Waals surface area contributed by atoms with Gasteiger partial charge in [0.25, 0.3) is 0 Å². The summed E-state index contributed by atoms with van der Waals surface area (Å²) in [6, 6.07) is 5.51. The molecule has 5 heteroatoms. The molecule has 0 N–H and O–H groups in total. The molecule has 2 heterocycles. The second-order valence-corrected chi connectivity index (χ2v) is 5.22. The minimum Gasteiger partial charge on any atom is -0.495 e. The van der Waals surface area contributed by atoms with Gasteiger partial charge >= 0.3 is 0 Å². The molecule has 2 rings (SSSR count). The van der Waals surface area contributed by atoms with Crippen LogP contribution in [0, 0.1) is 0 Å². The second-order valence-electron chi connectivity index (χ2n) is 3.39. The molecule has 2 aromatic rings. The number of hydrogen-bond acceptors (Lipinski definition) is 4. The van der Waals surface area contributed by atoms with Crippen molar-refractivity contribution in [2.45, 2.75) is 6.42 Å². The molecule has 0 unspecified atom stereocenters. The van der Waals surface area contributed by atoms with Crippen molar-refractivity contribution in [1.29, 1.82) is 0 Å². The van der Waals surface area contributed by atoms with Gasteiger partial charge in [0.05, 0.1) is 13.5 Å². The lowest BCUT2D eigenvalue weighted by molar-refractivity contribution is 0.0993. The average molecular weight is 312 g/mol. The van der Waals surface area contributed by atoms with Gasteiger partial charge in [-0.05, 0) is 39.5 Å². The molecule has 0 aliphatic heterocycles. The first-order chi connectivity index (χ1) is 8.20. The minimum absolute atomic E-state index is 0.0340. The number of methoxy groups -OCH3 is 1. The van der Waals surface area contributed by atoms with Gasteiger partial charge in [-0.2, -0.15) is 0 Å². The van der Waals surface area contributed by atoms with Crippen molar-refractivity contribution in [2.24, 2.45) is 0 Å². The summed E-state index contributed by atoms with van der Waals surface area (Å²) in [5, 5.41) is 1.85. The van der Waals surface area contributed by atoms with E-state index >= 15 is 0 Å². The topological polar surface area (TPSA) is 39.2 Å². The van der Waals surface area contributed by atoms with Crippen LogP contribution in [-0.2, 0) is 6.42 Å². The van der Waals surface area contributed by atoms with Crippen LogP contribution < -0.4 is 4.74 Å². The number of thiophene rings is 1. The van der Waals surface area contributed by atoms with Crippen LogP contribution in [0.4, 0.5) is 0 Å². The Labute approximate surface area is 112 Å². The number of pyridine rings is 1. The molecule has 0 fully saturated rings. The number of ketones is 1. The highest BCUT2D eigenvalue weighted by Crippen LogP contribution is 2.25. The van der Waals surface area contributed by atoms with Crippen LogP contribution in [0.25, 0.3) is 0 Å². The molecule has 0 atom stereocenters. The molecule has 0 spiro atoms. The largest absolute Gasteiger partial charge is 0.495 e. The summed E-state index contributed by atoms with van der Waals surface area (Å²) in [5.41, 5.74) is 0.758. The van der Waals surface area contributed by atoms with Crippen LogP contribution >= 0.6 is 27.3 Å². The number of carbonyl (C=O) groups is 1. The zero-order chi connectivity index (χ0) is 12.3. The Bertz CT molecular complexity index is 522. The molecule has 2 aromatic heterocycles. The lowest BCUT2D eigenvalue weighted by atomic mass is 10.2. The van der Waals surface area contributed by atoms with E-state index in [4.69, 9.17) is 4.74 Å². The number of aromatic nitrogens is 1. The highest BCUT2D eigenvalue weighted by molar-refractivity contribution is 9.10. The summed E-state index contributed by atoms with van der Waals surface area (Å²) in [6.45, 7) is 0. The average Bonchev–Trinajstić information content (AvgIpc) is 2.80. The van der Waals surface area contributed by atoms with Crippen molar-refractivity contribution < 1.29 is 9.53 Å². The molecule has 0 saturated carbocycles. The summed E-state index contributed by atoms with van der Waals surface area (Å²) < 4.78 is 6.03. The van der Waals surface area contributed by atoms with E-state index in [1.807, 2.05) is 17.5 Å². The molecule has 0 radical (unpaired) electrons. The zero-order valence-corrected chi connectivity index (χ0v) is 11.5. The fourth-order valence-electron chi connectivity index (χ4n) is 1.42. The molecule has 0 aromatic carbocycles. The highest BCUT2D eigenvalue weighted by Gasteiger charge is 2.14. The van der Waals surface area contributed by atoms with E-state index in [1.165, 1.54) is 11.3 Å². The van der Waals surface area contributed by atoms with Crippen LogP contribution in [0.1, 0.15) is 15.4 Å². The zero-order valence-electron chi connectivity index (χ0n) is 9.14. The first kappa shape index (κ1) is 12.3. The number of rotatable bonds is 4. The van der Waals surface area contributed by atoms with Gasteiger partial charge < -0.3 is 4.74 Å². The first-order valence-corrected chi connectivity index (χ1v) is 6.63. The Morgan fingerprint density at radius 1 is 1.47 bits per heavy atom. The van der Waals surface area contributed by atoms with Crippen molar-refractivity contribution in [3.63, 3.8) is 0 Å². The SMILES string of the molecule is COc1ccsc1C(=O)Cc1ccc(Br)cn1. The monoisotopic (exact) mass is 311 g/mol. The molecule has 88 valence electrons. The van der Waals surface area contributed by atoms with Gasteiger partial charge in [0.15, 0.2) is 5.78 Å². The van der Waals surface area contributed by atoms with Crippen LogP contribution in [0.15, 0.2) is 34.2 Å². The third-order valence-corrected chi connectivity index (χ3v) is 3.64. The van der Waals surface area contributed by atoms with Gasteiger partial charge in [0.2, 0.25) is 0 Å². The van der Waals surface area contributed by atoms with E-state index in [0.29, 0.717) is 17.0 Å². The molecule has 0 saturated heterocycles. The van der Waals surface area contributed by atoms with E-state index in [2.05, 4.69) is 20.9 Å². The van der Waals surface area contributed by atoms with Crippen LogP contribution in [0.2, 0.25) is 0 Å². The quantitative estimate of drug-likeness (QED) is 0.813. The number of halogens is 1.